The van der Waals surface area contributed by atoms with E-state index in [4.69, 9.17) is 4.74 Å². The summed E-state index contributed by atoms with van der Waals surface area (Å²) in [7, 11) is 1.69. The van der Waals surface area contributed by atoms with Crippen LogP contribution in [0.3, 0.4) is 0 Å². The van der Waals surface area contributed by atoms with Crippen LogP contribution in [0.5, 0.6) is 0 Å². The average molecular weight is 345 g/mol. The molecule has 134 valence electrons. The maximum absolute atomic E-state index is 13.2. The van der Waals surface area contributed by atoms with E-state index >= 15 is 0 Å². The fourth-order valence-electron chi connectivity index (χ4n) is 3.98. The molecule has 1 N–H and O–H groups in total. The van der Waals surface area contributed by atoms with Crippen LogP contribution < -0.4 is 5.69 Å². The molecule has 8 nitrogen and oxygen atoms in total. The first-order valence-electron chi connectivity index (χ1n) is 8.79. The smallest absolute Gasteiger partial charge is 0.347 e. The van der Waals surface area contributed by atoms with Gasteiger partial charge in [-0.05, 0) is 44.5 Å². The summed E-state index contributed by atoms with van der Waals surface area (Å²) in [5, 5.41) is 6.42. The Bertz CT molecular complexity index is 823. The van der Waals surface area contributed by atoms with Gasteiger partial charge in [0.15, 0.2) is 5.65 Å². The second-order valence-corrected chi connectivity index (χ2v) is 6.86. The number of carbonyl (C=O) groups is 1. The third-order valence-corrected chi connectivity index (χ3v) is 5.31. The van der Waals surface area contributed by atoms with Gasteiger partial charge >= 0.3 is 5.69 Å². The fraction of sp³-hybridized carbons (Fsp3) is 0.588. The zero-order valence-corrected chi connectivity index (χ0v) is 14.4. The molecule has 0 aliphatic carbocycles. The lowest BCUT2D eigenvalue weighted by molar-refractivity contribution is 0.0671. The van der Waals surface area contributed by atoms with Crippen molar-refractivity contribution in [2.24, 2.45) is 0 Å². The number of carbonyl (C=O) groups excluding carboxylic acids is 1. The lowest BCUT2D eigenvalue weighted by atomic mass is 10.1. The monoisotopic (exact) mass is 345 g/mol. The summed E-state index contributed by atoms with van der Waals surface area (Å²) in [4.78, 5) is 29.3. The minimum Gasteiger partial charge on any atom is -0.380 e. The lowest BCUT2D eigenvalue weighted by Crippen LogP contribution is -2.42. The zero-order chi connectivity index (χ0) is 17.4. The molecule has 0 radical (unpaired) electrons. The fourth-order valence-corrected chi connectivity index (χ4v) is 3.98. The molecule has 2 aliphatic rings. The normalized spacial score (nSPS) is 24.4. The standard InChI is InChI=1S/C17H23N5O3/c1-25-13-9-12(10-20-6-2-3-7-20)22(11-13)16(23)14-5-4-8-21-15(14)18-19-17(21)24/h4-5,8,12-13H,2-3,6-7,9-11H2,1H3,(H,19,24)/t12-,13-/m0/s1. The zero-order valence-electron chi connectivity index (χ0n) is 14.4. The van der Waals surface area contributed by atoms with E-state index in [9.17, 15) is 9.59 Å². The lowest BCUT2D eigenvalue weighted by Gasteiger charge is -2.28. The Hall–Kier alpha value is -2.19. The van der Waals surface area contributed by atoms with Gasteiger partial charge in [-0.25, -0.2) is 14.3 Å². The maximum atomic E-state index is 13.2. The maximum Gasteiger partial charge on any atom is 0.347 e. The van der Waals surface area contributed by atoms with Crippen molar-refractivity contribution >= 4 is 11.6 Å². The molecule has 2 aliphatic heterocycles. The SMILES string of the molecule is CO[C@H]1C[C@@H](CN2CCCC2)N(C(=O)c2cccn3c(=O)[nH]nc23)C1. The van der Waals surface area contributed by atoms with Gasteiger partial charge in [0.25, 0.3) is 5.91 Å². The van der Waals surface area contributed by atoms with Crippen molar-refractivity contribution < 1.29 is 9.53 Å². The molecule has 25 heavy (non-hydrogen) atoms. The van der Waals surface area contributed by atoms with Crippen molar-refractivity contribution in [2.75, 3.05) is 33.3 Å². The molecule has 4 rings (SSSR count). The third kappa shape index (κ3) is 2.96. The summed E-state index contributed by atoms with van der Waals surface area (Å²) in [6.07, 6.45) is 4.96. The van der Waals surface area contributed by atoms with Crippen LogP contribution in [0.1, 0.15) is 29.6 Å². The molecular formula is C17H23N5O3. The predicted octanol–water partition coefficient (Wildman–Crippen LogP) is 0.348. The Morgan fingerprint density at radius 1 is 1.40 bits per heavy atom. The molecule has 0 spiro atoms. The van der Waals surface area contributed by atoms with Gasteiger partial charge in [-0.1, -0.05) is 0 Å². The molecule has 0 saturated carbocycles. The number of nitrogens with one attached hydrogen (secondary N) is 1. The number of amides is 1. The number of fused-ring (bicyclic) bond motifs is 1. The van der Waals surface area contributed by atoms with Crippen molar-refractivity contribution in [3.05, 3.63) is 34.4 Å². The van der Waals surface area contributed by atoms with Gasteiger partial charge in [0.2, 0.25) is 0 Å². The van der Waals surface area contributed by atoms with Gasteiger partial charge in [-0.3, -0.25) is 4.79 Å². The number of pyridine rings is 1. The van der Waals surface area contributed by atoms with Crippen molar-refractivity contribution in [2.45, 2.75) is 31.4 Å². The summed E-state index contributed by atoms with van der Waals surface area (Å²) in [6.45, 7) is 3.65. The van der Waals surface area contributed by atoms with Crippen LogP contribution in [0.4, 0.5) is 0 Å². The quantitative estimate of drug-likeness (QED) is 0.864. The number of methoxy groups -OCH3 is 1. The minimum absolute atomic E-state index is 0.0534. The van der Waals surface area contributed by atoms with Crippen molar-refractivity contribution in [3.8, 4) is 0 Å². The molecule has 2 atom stereocenters. The topological polar surface area (TPSA) is 82.9 Å². The van der Waals surface area contributed by atoms with E-state index < -0.39 is 0 Å². The molecule has 0 aromatic carbocycles. The van der Waals surface area contributed by atoms with Crippen molar-refractivity contribution in [1.82, 2.24) is 24.4 Å². The number of aromatic amines is 1. The molecule has 8 heteroatoms. The Balaban J connectivity index is 1.62. The Labute approximate surface area is 145 Å². The number of nitrogens with zero attached hydrogens (tertiary/aromatic N) is 4. The van der Waals surface area contributed by atoms with Crippen LogP contribution in [-0.2, 0) is 4.74 Å². The summed E-state index contributed by atoms with van der Waals surface area (Å²) in [6, 6.07) is 3.56. The predicted molar refractivity (Wildman–Crippen MR) is 91.7 cm³/mol. The van der Waals surface area contributed by atoms with E-state index in [0.29, 0.717) is 17.8 Å². The summed E-state index contributed by atoms with van der Waals surface area (Å²) < 4.78 is 6.89. The van der Waals surface area contributed by atoms with Gasteiger partial charge < -0.3 is 14.5 Å². The molecule has 1 amide bonds. The van der Waals surface area contributed by atoms with Gasteiger partial charge in [0.05, 0.1) is 11.7 Å². The minimum atomic E-state index is -0.338. The molecule has 0 bridgehead atoms. The van der Waals surface area contributed by atoms with Gasteiger partial charge in [-0.15, -0.1) is 0 Å². The van der Waals surface area contributed by atoms with Crippen LogP contribution >= 0.6 is 0 Å². The van der Waals surface area contributed by atoms with Crippen LogP contribution in [0, 0.1) is 0 Å². The van der Waals surface area contributed by atoms with E-state index in [2.05, 4.69) is 15.1 Å². The molecule has 2 fully saturated rings. The summed E-state index contributed by atoms with van der Waals surface area (Å²) >= 11 is 0. The molecule has 0 unspecified atom stereocenters. The van der Waals surface area contributed by atoms with E-state index in [1.165, 1.54) is 17.2 Å². The van der Waals surface area contributed by atoms with Gasteiger partial charge in [0.1, 0.15) is 0 Å². The molecule has 2 saturated heterocycles. The Kier molecular flexibility index (Phi) is 4.30. The largest absolute Gasteiger partial charge is 0.380 e. The summed E-state index contributed by atoms with van der Waals surface area (Å²) in [5.41, 5.74) is 0.483. The van der Waals surface area contributed by atoms with Crippen LogP contribution in [0.25, 0.3) is 5.65 Å². The van der Waals surface area contributed by atoms with Crippen LogP contribution in [-0.4, -0.2) is 75.7 Å². The Morgan fingerprint density at radius 3 is 2.96 bits per heavy atom. The van der Waals surface area contributed by atoms with E-state index in [0.717, 1.165) is 26.1 Å². The number of ether oxygens (including phenoxy) is 1. The first-order valence-corrected chi connectivity index (χ1v) is 8.79. The van der Waals surface area contributed by atoms with E-state index in [1.807, 2.05) is 4.90 Å². The number of likely N-dealkylation sites (tertiary alicyclic amines) is 2. The molecular weight excluding hydrogens is 322 g/mol. The van der Waals surface area contributed by atoms with Crippen LogP contribution in [0.2, 0.25) is 0 Å². The highest BCUT2D eigenvalue weighted by Crippen LogP contribution is 2.25. The molecule has 2 aromatic heterocycles. The second-order valence-electron chi connectivity index (χ2n) is 6.86. The number of H-pyrrole nitrogens is 1. The first kappa shape index (κ1) is 16.3. The van der Waals surface area contributed by atoms with Gasteiger partial charge in [0, 0.05) is 32.4 Å². The van der Waals surface area contributed by atoms with Crippen molar-refractivity contribution in [1.29, 1.82) is 0 Å². The second kappa shape index (κ2) is 6.61. The number of aromatic nitrogens is 3. The highest BCUT2D eigenvalue weighted by atomic mass is 16.5. The Morgan fingerprint density at radius 2 is 2.20 bits per heavy atom. The highest BCUT2D eigenvalue weighted by molar-refractivity contribution is 6.00. The van der Waals surface area contributed by atoms with Crippen molar-refractivity contribution in [3.63, 3.8) is 0 Å². The van der Waals surface area contributed by atoms with E-state index in [1.54, 1.807) is 25.4 Å². The van der Waals surface area contributed by atoms with Gasteiger partial charge in [-0.2, -0.15) is 5.10 Å². The van der Waals surface area contributed by atoms with E-state index in [-0.39, 0.29) is 23.7 Å². The molecule has 4 heterocycles. The van der Waals surface area contributed by atoms with Crippen LogP contribution in [0.15, 0.2) is 23.1 Å². The highest BCUT2D eigenvalue weighted by Gasteiger charge is 2.37. The number of hydrogen-bond donors (Lipinski definition) is 1. The summed E-state index contributed by atoms with van der Waals surface area (Å²) in [5.74, 6) is -0.0895. The average Bonchev–Trinajstić information content (AvgIpc) is 3.35. The number of hydrogen-bond acceptors (Lipinski definition) is 5. The molecule has 2 aromatic rings. The first-order chi connectivity index (χ1) is 12.2. The number of rotatable bonds is 4. The third-order valence-electron chi connectivity index (χ3n) is 5.31.